The lowest BCUT2D eigenvalue weighted by Crippen LogP contribution is -1.89. The van der Waals surface area contributed by atoms with Gasteiger partial charge in [-0.3, -0.25) is 0 Å². The summed E-state index contributed by atoms with van der Waals surface area (Å²) < 4.78 is 6.12. The van der Waals surface area contributed by atoms with Gasteiger partial charge in [-0.15, -0.1) is 11.3 Å². The van der Waals surface area contributed by atoms with Crippen molar-refractivity contribution in [2.75, 3.05) is 12.8 Å². The summed E-state index contributed by atoms with van der Waals surface area (Å²) in [7, 11) is 1.58. The Kier molecular flexibility index (Phi) is 2.06. The van der Waals surface area contributed by atoms with E-state index in [0.29, 0.717) is 16.5 Å². The number of hydrogen-bond acceptors (Lipinski definition) is 3. The second-order valence-corrected chi connectivity index (χ2v) is 3.94. The van der Waals surface area contributed by atoms with E-state index >= 15 is 0 Å². The summed E-state index contributed by atoms with van der Waals surface area (Å²) in [5, 5.41) is 3.56. The molecule has 0 aliphatic heterocycles. The van der Waals surface area contributed by atoms with Crippen LogP contribution in [0.3, 0.4) is 0 Å². The largest absolute Gasteiger partial charge is 0.495 e. The highest BCUT2D eigenvalue weighted by atomic mass is 35.5. The molecule has 0 radical (unpaired) electrons. The van der Waals surface area contributed by atoms with Gasteiger partial charge < -0.3 is 10.5 Å². The monoisotopic (exact) mass is 213 g/mol. The van der Waals surface area contributed by atoms with Crippen molar-refractivity contribution >= 4 is 38.7 Å². The van der Waals surface area contributed by atoms with E-state index < -0.39 is 0 Å². The molecule has 0 spiro atoms. The van der Waals surface area contributed by atoms with Crippen molar-refractivity contribution in [1.82, 2.24) is 0 Å². The standard InChI is InChI=1S/C9H8ClNOS/c1-12-7-4-6(11)9-5(8(7)10)2-3-13-9/h2-4H,11H2,1H3. The van der Waals surface area contributed by atoms with Crippen molar-refractivity contribution in [2.45, 2.75) is 0 Å². The van der Waals surface area contributed by atoms with E-state index in [0.717, 1.165) is 10.1 Å². The van der Waals surface area contributed by atoms with E-state index in [1.807, 2.05) is 11.4 Å². The highest BCUT2D eigenvalue weighted by molar-refractivity contribution is 7.18. The van der Waals surface area contributed by atoms with Gasteiger partial charge in [-0.2, -0.15) is 0 Å². The number of methoxy groups -OCH3 is 1. The van der Waals surface area contributed by atoms with Crippen LogP contribution in [0.15, 0.2) is 17.5 Å². The second-order valence-electron chi connectivity index (χ2n) is 2.65. The summed E-state index contributed by atoms with van der Waals surface area (Å²) in [5.41, 5.74) is 6.53. The topological polar surface area (TPSA) is 35.2 Å². The molecule has 0 saturated heterocycles. The molecule has 1 aromatic carbocycles. The molecule has 0 aliphatic rings. The Morgan fingerprint density at radius 1 is 1.54 bits per heavy atom. The van der Waals surface area contributed by atoms with Crippen LogP contribution in [0.1, 0.15) is 0 Å². The van der Waals surface area contributed by atoms with Gasteiger partial charge in [-0.25, -0.2) is 0 Å². The summed E-state index contributed by atoms with van der Waals surface area (Å²) >= 11 is 7.66. The van der Waals surface area contributed by atoms with Crippen LogP contribution in [0.25, 0.3) is 10.1 Å². The molecule has 2 N–H and O–H groups in total. The average Bonchev–Trinajstić information content (AvgIpc) is 2.60. The number of nitrogen functional groups attached to an aromatic ring is 1. The fourth-order valence-electron chi connectivity index (χ4n) is 1.26. The molecule has 0 fully saturated rings. The predicted molar refractivity (Wildman–Crippen MR) is 57.8 cm³/mol. The quantitative estimate of drug-likeness (QED) is 0.739. The lowest BCUT2D eigenvalue weighted by Gasteiger charge is -2.05. The number of rotatable bonds is 1. The molecule has 13 heavy (non-hydrogen) atoms. The minimum Gasteiger partial charge on any atom is -0.495 e. The van der Waals surface area contributed by atoms with Crippen LogP contribution in [-0.2, 0) is 0 Å². The molecule has 0 unspecified atom stereocenters. The minimum absolute atomic E-state index is 0.630. The van der Waals surface area contributed by atoms with E-state index in [2.05, 4.69) is 0 Å². The second kappa shape index (κ2) is 3.09. The van der Waals surface area contributed by atoms with Crippen LogP contribution in [0.2, 0.25) is 5.02 Å². The average molecular weight is 214 g/mol. The normalized spacial score (nSPS) is 10.6. The Hall–Kier alpha value is -0.930. The Balaban J connectivity index is 2.85. The molecule has 0 bridgehead atoms. The lowest BCUT2D eigenvalue weighted by molar-refractivity contribution is 0.416. The van der Waals surface area contributed by atoms with Crippen molar-refractivity contribution in [1.29, 1.82) is 0 Å². The highest BCUT2D eigenvalue weighted by Gasteiger charge is 2.09. The van der Waals surface area contributed by atoms with Crippen LogP contribution in [-0.4, -0.2) is 7.11 Å². The molecule has 2 nitrogen and oxygen atoms in total. The summed E-state index contributed by atoms with van der Waals surface area (Å²) in [5.74, 6) is 0.630. The summed E-state index contributed by atoms with van der Waals surface area (Å²) in [4.78, 5) is 0. The number of nitrogens with two attached hydrogens (primary N) is 1. The van der Waals surface area contributed by atoms with E-state index in [4.69, 9.17) is 22.1 Å². The number of fused-ring (bicyclic) bond motifs is 1. The molecule has 0 aliphatic carbocycles. The van der Waals surface area contributed by atoms with E-state index in [1.54, 1.807) is 24.5 Å². The van der Waals surface area contributed by atoms with Crippen molar-refractivity contribution < 1.29 is 4.74 Å². The first-order valence-corrected chi connectivity index (χ1v) is 4.99. The van der Waals surface area contributed by atoms with Gasteiger partial charge in [0.1, 0.15) is 5.75 Å². The van der Waals surface area contributed by atoms with Crippen molar-refractivity contribution in [3.8, 4) is 5.75 Å². The van der Waals surface area contributed by atoms with Crippen molar-refractivity contribution in [3.05, 3.63) is 22.5 Å². The van der Waals surface area contributed by atoms with Crippen LogP contribution in [0, 0.1) is 0 Å². The summed E-state index contributed by atoms with van der Waals surface area (Å²) in [6.45, 7) is 0. The van der Waals surface area contributed by atoms with Gasteiger partial charge in [0.2, 0.25) is 0 Å². The lowest BCUT2D eigenvalue weighted by atomic mass is 10.2. The third kappa shape index (κ3) is 1.24. The van der Waals surface area contributed by atoms with Gasteiger partial charge in [0.15, 0.2) is 0 Å². The third-order valence-corrected chi connectivity index (χ3v) is 3.24. The Morgan fingerprint density at radius 2 is 2.31 bits per heavy atom. The molecule has 2 aromatic rings. The minimum atomic E-state index is 0.630. The molecule has 0 amide bonds. The van der Waals surface area contributed by atoms with Gasteiger partial charge in [-0.1, -0.05) is 11.6 Å². The molecule has 68 valence electrons. The molecule has 4 heteroatoms. The molecule has 1 aromatic heterocycles. The Morgan fingerprint density at radius 3 is 3.00 bits per heavy atom. The van der Waals surface area contributed by atoms with Crippen LogP contribution < -0.4 is 10.5 Å². The number of anilines is 1. The van der Waals surface area contributed by atoms with Gasteiger partial charge in [-0.05, 0) is 11.4 Å². The number of halogens is 1. The number of benzene rings is 1. The first kappa shape index (κ1) is 8.66. The fraction of sp³-hybridized carbons (Fsp3) is 0.111. The number of thiophene rings is 1. The van der Waals surface area contributed by atoms with Gasteiger partial charge in [0, 0.05) is 11.5 Å². The predicted octanol–water partition coefficient (Wildman–Crippen LogP) is 3.15. The maximum absolute atomic E-state index is 6.08. The molecular formula is C9H8ClNOS. The summed E-state index contributed by atoms with van der Waals surface area (Å²) in [6.07, 6.45) is 0. The Bertz CT molecular complexity index is 452. The van der Waals surface area contributed by atoms with Crippen LogP contribution in [0.4, 0.5) is 5.69 Å². The fourth-order valence-corrected chi connectivity index (χ4v) is 2.43. The molecule has 2 rings (SSSR count). The first-order valence-electron chi connectivity index (χ1n) is 3.73. The van der Waals surface area contributed by atoms with E-state index in [9.17, 15) is 0 Å². The van der Waals surface area contributed by atoms with Gasteiger partial charge in [0.05, 0.1) is 22.5 Å². The zero-order chi connectivity index (χ0) is 9.42. The highest BCUT2D eigenvalue weighted by Crippen LogP contribution is 2.39. The molecular weight excluding hydrogens is 206 g/mol. The van der Waals surface area contributed by atoms with Crippen LogP contribution in [0.5, 0.6) is 5.75 Å². The molecule has 1 heterocycles. The van der Waals surface area contributed by atoms with Crippen LogP contribution >= 0.6 is 22.9 Å². The van der Waals surface area contributed by atoms with Crippen molar-refractivity contribution in [3.63, 3.8) is 0 Å². The smallest absolute Gasteiger partial charge is 0.140 e. The molecule has 0 saturated carbocycles. The number of hydrogen-bond donors (Lipinski definition) is 1. The van der Waals surface area contributed by atoms with E-state index in [1.165, 1.54) is 0 Å². The van der Waals surface area contributed by atoms with Crippen molar-refractivity contribution in [2.24, 2.45) is 0 Å². The van der Waals surface area contributed by atoms with E-state index in [-0.39, 0.29) is 0 Å². The number of ether oxygens (including phenoxy) is 1. The first-order chi connectivity index (χ1) is 6.24. The zero-order valence-corrected chi connectivity index (χ0v) is 8.58. The maximum Gasteiger partial charge on any atom is 0.140 e. The third-order valence-electron chi connectivity index (χ3n) is 1.89. The van der Waals surface area contributed by atoms with Gasteiger partial charge in [0.25, 0.3) is 0 Å². The maximum atomic E-state index is 6.08. The zero-order valence-electron chi connectivity index (χ0n) is 7.00. The molecule has 0 atom stereocenters. The van der Waals surface area contributed by atoms with Gasteiger partial charge >= 0.3 is 0 Å². The summed E-state index contributed by atoms with van der Waals surface area (Å²) in [6, 6.07) is 3.70. The SMILES string of the molecule is COc1cc(N)c2sccc2c1Cl. The Labute approximate surface area is 84.9 Å².